The van der Waals surface area contributed by atoms with Crippen LogP contribution in [0.25, 0.3) is 0 Å². The zero-order chi connectivity index (χ0) is 23.3. The number of hydrogen-bond acceptors (Lipinski definition) is 6. The number of Topliss-reactive ketones (excluding diaryl/α,β-unsaturated/α-hetero) is 1. The van der Waals surface area contributed by atoms with Crippen LogP contribution in [0.5, 0.6) is 0 Å². The number of nitriles is 1. The van der Waals surface area contributed by atoms with Crippen molar-refractivity contribution >= 4 is 29.0 Å². The van der Waals surface area contributed by atoms with E-state index in [9.17, 15) is 19.6 Å². The fourth-order valence-electron chi connectivity index (χ4n) is 4.37. The summed E-state index contributed by atoms with van der Waals surface area (Å²) in [6, 6.07) is 9.74. The summed E-state index contributed by atoms with van der Waals surface area (Å²) in [4.78, 5) is 43.3. The van der Waals surface area contributed by atoms with Crippen molar-refractivity contribution in [1.29, 1.82) is 5.26 Å². The molecule has 0 aliphatic carbocycles. The Morgan fingerprint density at radius 2 is 1.78 bits per heavy atom. The maximum absolute atomic E-state index is 12.9. The highest BCUT2D eigenvalue weighted by atomic mass is 16.2. The molecule has 8 nitrogen and oxygen atoms in total. The SMILES string of the molecule is CCCNC(=O)C1CCCN(C(=O)CCC(=O)C(C#N)=C2N(C)c3ccccc3N2C)C1. The van der Waals surface area contributed by atoms with Crippen LogP contribution in [-0.4, -0.2) is 56.2 Å². The minimum absolute atomic E-state index is 0.0104. The fourth-order valence-corrected chi connectivity index (χ4v) is 4.37. The highest BCUT2D eigenvalue weighted by Gasteiger charge is 2.32. The van der Waals surface area contributed by atoms with Crippen molar-refractivity contribution in [2.75, 3.05) is 43.5 Å². The van der Waals surface area contributed by atoms with Crippen molar-refractivity contribution in [3.05, 3.63) is 35.7 Å². The average Bonchev–Trinajstić information content (AvgIpc) is 3.07. The number of fused-ring (bicyclic) bond motifs is 1. The van der Waals surface area contributed by atoms with Crippen LogP contribution >= 0.6 is 0 Å². The van der Waals surface area contributed by atoms with Gasteiger partial charge >= 0.3 is 0 Å². The lowest BCUT2D eigenvalue weighted by atomic mass is 9.96. The second-order valence-corrected chi connectivity index (χ2v) is 8.31. The summed E-state index contributed by atoms with van der Waals surface area (Å²) in [6.07, 6.45) is 2.40. The third-order valence-corrected chi connectivity index (χ3v) is 6.11. The molecule has 1 unspecified atom stereocenters. The number of anilines is 2. The molecule has 0 spiro atoms. The Kier molecular flexibility index (Phi) is 7.52. The predicted molar refractivity (Wildman–Crippen MR) is 123 cm³/mol. The Hall–Kier alpha value is -3.34. The molecular weight excluding hydrogens is 406 g/mol. The van der Waals surface area contributed by atoms with Gasteiger partial charge in [-0.3, -0.25) is 14.4 Å². The number of para-hydroxylation sites is 2. The van der Waals surface area contributed by atoms with Gasteiger partial charge in [-0.05, 0) is 31.4 Å². The number of benzene rings is 1. The van der Waals surface area contributed by atoms with Crippen LogP contribution in [0.15, 0.2) is 35.7 Å². The normalized spacial score (nSPS) is 17.6. The molecule has 2 heterocycles. The van der Waals surface area contributed by atoms with E-state index in [4.69, 9.17) is 0 Å². The first-order chi connectivity index (χ1) is 15.4. The summed E-state index contributed by atoms with van der Waals surface area (Å²) in [6.45, 7) is 3.61. The van der Waals surface area contributed by atoms with Crippen LogP contribution in [-0.2, 0) is 14.4 Å². The molecule has 1 N–H and O–H groups in total. The molecule has 2 aliphatic rings. The van der Waals surface area contributed by atoms with Crippen molar-refractivity contribution < 1.29 is 14.4 Å². The quantitative estimate of drug-likeness (QED) is 0.520. The second-order valence-electron chi connectivity index (χ2n) is 8.31. The van der Waals surface area contributed by atoms with Crippen LogP contribution < -0.4 is 15.1 Å². The molecule has 0 radical (unpaired) electrons. The highest BCUT2D eigenvalue weighted by Crippen LogP contribution is 2.40. The van der Waals surface area contributed by atoms with E-state index < -0.39 is 0 Å². The first-order valence-electron chi connectivity index (χ1n) is 11.2. The standard InChI is InChI=1S/C24H31N5O3/c1-4-13-26-23(32)17-8-7-14-29(16-17)22(31)12-11-21(30)18(15-25)24-27(2)19-9-5-6-10-20(19)28(24)3/h5-6,9-10,17H,4,7-8,11-14,16H2,1-3H3,(H,26,32). The summed E-state index contributed by atoms with van der Waals surface area (Å²) in [5.74, 6) is -0.187. The number of carbonyl (C=O) groups is 3. The zero-order valence-corrected chi connectivity index (χ0v) is 19.1. The Balaban J connectivity index is 1.63. The Morgan fingerprint density at radius 3 is 2.38 bits per heavy atom. The lowest BCUT2D eigenvalue weighted by Gasteiger charge is -2.32. The number of ketones is 1. The Bertz CT molecular complexity index is 934. The number of nitrogens with zero attached hydrogens (tertiary/aromatic N) is 4. The second kappa shape index (κ2) is 10.3. The van der Waals surface area contributed by atoms with Crippen molar-refractivity contribution in [2.45, 2.75) is 39.0 Å². The fraction of sp³-hybridized carbons (Fsp3) is 0.500. The van der Waals surface area contributed by atoms with E-state index in [1.54, 1.807) is 4.90 Å². The molecule has 0 saturated carbocycles. The van der Waals surface area contributed by atoms with Gasteiger partial charge < -0.3 is 20.0 Å². The number of amides is 2. The molecule has 1 fully saturated rings. The summed E-state index contributed by atoms with van der Waals surface area (Å²) in [5, 5.41) is 12.6. The van der Waals surface area contributed by atoms with Gasteiger partial charge in [0.05, 0.1) is 17.3 Å². The third kappa shape index (κ3) is 4.77. The van der Waals surface area contributed by atoms with Gasteiger partial charge in [0, 0.05) is 46.6 Å². The number of hydrogen-bond donors (Lipinski definition) is 1. The van der Waals surface area contributed by atoms with Crippen molar-refractivity contribution in [3.8, 4) is 6.07 Å². The average molecular weight is 438 g/mol. The molecule has 1 aromatic rings. The Morgan fingerprint density at radius 1 is 1.12 bits per heavy atom. The monoisotopic (exact) mass is 437 g/mol. The van der Waals surface area contributed by atoms with Gasteiger partial charge in [-0.15, -0.1) is 0 Å². The zero-order valence-electron chi connectivity index (χ0n) is 19.1. The van der Waals surface area contributed by atoms with Crippen molar-refractivity contribution in [2.24, 2.45) is 5.92 Å². The number of carbonyl (C=O) groups excluding carboxylic acids is 3. The molecule has 0 bridgehead atoms. The molecule has 2 aliphatic heterocycles. The molecule has 170 valence electrons. The maximum Gasteiger partial charge on any atom is 0.224 e. The van der Waals surface area contributed by atoms with E-state index >= 15 is 0 Å². The highest BCUT2D eigenvalue weighted by molar-refractivity contribution is 6.03. The van der Waals surface area contributed by atoms with Crippen LogP contribution in [0.1, 0.15) is 39.0 Å². The molecule has 32 heavy (non-hydrogen) atoms. The van der Waals surface area contributed by atoms with E-state index in [1.165, 1.54) is 0 Å². The smallest absolute Gasteiger partial charge is 0.224 e. The number of nitrogens with one attached hydrogen (secondary N) is 1. The van der Waals surface area contributed by atoms with E-state index in [1.807, 2.05) is 55.1 Å². The third-order valence-electron chi connectivity index (χ3n) is 6.11. The molecular formula is C24H31N5O3. The maximum atomic E-state index is 12.9. The summed E-state index contributed by atoms with van der Waals surface area (Å²) in [7, 11) is 3.65. The number of rotatable bonds is 7. The number of likely N-dealkylation sites (tertiary alicyclic amines) is 1. The Labute approximate surface area is 189 Å². The molecule has 1 aromatic carbocycles. The van der Waals surface area contributed by atoms with Gasteiger partial charge in [0.25, 0.3) is 0 Å². The predicted octanol–water partition coefficient (Wildman–Crippen LogP) is 2.42. The minimum Gasteiger partial charge on any atom is -0.356 e. The minimum atomic E-state index is -0.350. The molecule has 2 amide bonds. The summed E-state index contributed by atoms with van der Waals surface area (Å²) in [5.41, 5.74) is 1.89. The molecule has 0 aromatic heterocycles. The van der Waals surface area contributed by atoms with E-state index in [2.05, 4.69) is 11.4 Å². The molecule has 8 heteroatoms. The van der Waals surface area contributed by atoms with Crippen molar-refractivity contribution in [3.63, 3.8) is 0 Å². The lowest BCUT2D eigenvalue weighted by molar-refractivity contribution is -0.136. The van der Waals surface area contributed by atoms with Gasteiger partial charge in [-0.1, -0.05) is 19.1 Å². The van der Waals surface area contributed by atoms with Crippen molar-refractivity contribution in [1.82, 2.24) is 10.2 Å². The van der Waals surface area contributed by atoms with Gasteiger partial charge in [0.1, 0.15) is 17.5 Å². The van der Waals surface area contributed by atoms with Crippen LogP contribution in [0.3, 0.4) is 0 Å². The van der Waals surface area contributed by atoms with E-state index in [-0.39, 0.29) is 41.9 Å². The van der Waals surface area contributed by atoms with Gasteiger partial charge in [-0.25, -0.2) is 0 Å². The van der Waals surface area contributed by atoms with Gasteiger partial charge in [0.2, 0.25) is 11.8 Å². The first-order valence-corrected chi connectivity index (χ1v) is 11.2. The topological polar surface area (TPSA) is 96.8 Å². The first kappa shape index (κ1) is 23.3. The summed E-state index contributed by atoms with van der Waals surface area (Å²) < 4.78 is 0. The number of piperidine rings is 1. The van der Waals surface area contributed by atoms with Crippen LogP contribution in [0, 0.1) is 17.2 Å². The van der Waals surface area contributed by atoms with Gasteiger partial charge in [0.15, 0.2) is 5.78 Å². The molecule has 1 atom stereocenters. The largest absolute Gasteiger partial charge is 0.356 e. The van der Waals surface area contributed by atoms with Crippen LogP contribution in [0.2, 0.25) is 0 Å². The van der Waals surface area contributed by atoms with Crippen LogP contribution in [0.4, 0.5) is 11.4 Å². The summed E-state index contributed by atoms with van der Waals surface area (Å²) >= 11 is 0. The van der Waals surface area contributed by atoms with E-state index in [0.717, 1.165) is 30.6 Å². The lowest BCUT2D eigenvalue weighted by Crippen LogP contribution is -2.45. The van der Waals surface area contributed by atoms with E-state index in [0.29, 0.717) is 25.5 Å². The molecule has 1 saturated heterocycles. The number of allylic oxidation sites excluding steroid dienone is 1. The molecule has 3 rings (SSSR count). The van der Waals surface area contributed by atoms with Gasteiger partial charge in [-0.2, -0.15) is 5.26 Å².